The minimum atomic E-state index is 0.0999. The van der Waals surface area contributed by atoms with Crippen LogP contribution in [0.15, 0.2) is 12.4 Å². The third-order valence-electron chi connectivity index (χ3n) is 4.19. The van der Waals surface area contributed by atoms with Gasteiger partial charge in [-0.25, -0.2) is 0 Å². The number of aromatic nitrogens is 2. The van der Waals surface area contributed by atoms with Gasteiger partial charge >= 0.3 is 0 Å². The van der Waals surface area contributed by atoms with Crippen molar-refractivity contribution in [1.82, 2.24) is 9.78 Å². The van der Waals surface area contributed by atoms with E-state index in [-0.39, 0.29) is 11.4 Å². The molecule has 4 nitrogen and oxygen atoms in total. The third kappa shape index (κ3) is 2.18. The number of rotatable bonds is 1. The first kappa shape index (κ1) is 11.1. The lowest BCUT2D eigenvalue weighted by Crippen LogP contribution is -2.42. The first-order valence-corrected chi connectivity index (χ1v) is 6.65. The van der Waals surface area contributed by atoms with E-state index in [0.717, 1.165) is 19.4 Å². The Morgan fingerprint density at radius 2 is 2.18 bits per heavy atom. The fourth-order valence-electron chi connectivity index (χ4n) is 3.30. The molecule has 1 aromatic rings. The summed E-state index contributed by atoms with van der Waals surface area (Å²) < 4.78 is 7.97. The van der Waals surface area contributed by atoms with Gasteiger partial charge in [0.15, 0.2) is 5.75 Å². The molecule has 4 heteroatoms. The Kier molecular flexibility index (Phi) is 2.82. The van der Waals surface area contributed by atoms with Gasteiger partial charge in [0, 0.05) is 6.61 Å². The highest BCUT2D eigenvalue weighted by atomic mass is 16.5. The van der Waals surface area contributed by atoms with Gasteiger partial charge in [-0.3, -0.25) is 4.68 Å². The van der Waals surface area contributed by atoms with Crippen molar-refractivity contribution in [1.29, 1.82) is 0 Å². The molecular formula is C13H20N2O2. The molecule has 0 aromatic carbocycles. The van der Waals surface area contributed by atoms with Crippen molar-refractivity contribution < 1.29 is 9.84 Å². The summed E-state index contributed by atoms with van der Waals surface area (Å²) in [5.74, 6) is 0.259. The van der Waals surface area contributed by atoms with Crippen molar-refractivity contribution in [2.45, 2.75) is 56.6 Å². The Hall–Kier alpha value is -1.03. The lowest BCUT2D eigenvalue weighted by Gasteiger charge is -2.43. The Bertz CT molecular complexity index is 377. The highest BCUT2D eigenvalue weighted by Crippen LogP contribution is 2.42. The molecule has 94 valence electrons. The molecule has 1 unspecified atom stereocenters. The Labute approximate surface area is 102 Å². The topological polar surface area (TPSA) is 47.3 Å². The van der Waals surface area contributed by atoms with E-state index in [9.17, 15) is 5.11 Å². The average Bonchev–Trinajstić information content (AvgIpc) is 2.77. The molecule has 2 aliphatic rings. The minimum absolute atomic E-state index is 0.0999. The average molecular weight is 236 g/mol. The molecule has 0 amide bonds. The molecule has 2 heterocycles. The van der Waals surface area contributed by atoms with Crippen molar-refractivity contribution in [3.63, 3.8) is 0 Å². The van der Waals surface area contributed by atoms with Gasteiger partial charge in [0.25, 0.3) is 0 Å². The first-order valence-electron chi connectivity index (χ1n) is 6.65. The summed E-state index contributed by atoms with van der Waals surface area (Å²) in [6.45, 7) is 0.825. The molecule has 1 N–H and O–H groups in total. The number of nitrogens with zero attached hydrogens (tertiary/aromatic N) is 2. The zero-order valence-corrected chi connectivity index (χ0v) is 10.1. The van der Waals surface area contributed by atoms with Gasteiger partial charge < -0.3 is 9.84 Å². The summed E-state index contributed by atoms with van der Waals surface area (Å²) in [6, 6.07) is 0.391. The summed E-state index contributed by atoms with van der Waals surface area (Å²) in [4.78, 5) is 0. The number of ether oxygens (including phenoxy) is 1. The van der Waals surface area contributed by atoms with Gasteiger partial charge in [0.1, 0.15) is 0 Å². The van der Waals surface area contributed by atoms with Crippen molar-refractivity contribution >= 4 is 0 Å². The lowest BCUT2D eigenvalue weighted by atomic mass is 9.78. The molecule has 1 aromatic heterocycles. The number of hydrogen-bond donors (Lipinski definition) is 1. The molecule has 17 heavy (non-hydrogen) atoms. The minimum Gasteiger partial charge on any atom is -0.505 e. The highest BCUT2D eigenvalue weighted by molar-refractivity contribution is 5.09. The van der Waals surface area contributed by atoms with Crippen LogP contribution in [0.1, 0.15) is 51.0 Å². The Morgan fingerprint density at radius 3 is 2.88 bits per heavy atom. The van der Waals surface area contributed by atoms with Crippen LogP contribution in [0.3, 0.4) is 0 Å². The lowest BCUT2D eigenvalue weighted by molar-refractivity contribution is -0.115. The van der Waals surface area contributed by atoms with E-state index in [0.29, 0.717) is 6.04 Å². The molecule has 0 bridgehead atoms. The van der Waals surface area contributed by atoms with Crippen LogP contribution < -0.4 is 0 Å². The second kappa shape index (κ2) is 4.33. The fourth-order valence-corrected chi connectivity index (χ4v) is 3.30. The predicted octanol–water partition coefficient (Wildman–Crippen LogP) is 2.64. The molecule has 0 radical (unpaired) electrons. The molecule has 2 fully saturated rings. The smallest absolute Gasteiger partial charge is 0.153 e. The molecular weight excluding hydrogens is 216 g/mol. The summed E-state index contributed by atoms with van der Waals surface area (Å²) in [6.07, 6.45) is 11.6. The molecule has 1 aliphatic carbocycles. The first-order chi connectivity index (χ1) is 8.27. The van der Waals surface area contributed by atoms with Crippen LogP contribution in [0.25, 0.3) is 0 Å². The molecule has 1 saturated heterocycles. The van der Waals surface area contributed by atoms with Gasteiger partial charge in [-0.2, -0.15) is 5.10 Å². The molecule has 1 atom stereocenters. The largest absolute Gasteiger partial charge is 0.505 e. The van der Waals surface area contributed by atoms with Crippen molar-refractivity contribution in [3.8, 4) is 5.75 Å². The maximum Gasteiger partial charge on any atom is 0.153 e. The van der Waals surface area contributed by atoms with Crippen LogP contribution in [-0.4, -0.2) is 27.1 Å². The zero-order valence-electron chi connectivity index (χ0n) is 10.1. The maximum absolute atomic E-state index is 9.37. The highest BCUT2D eigenvalue weighted by Gasteiger charge is 2.39. The molecule has 1 aliphatic heterocycles. The van der Waals surface area contributed by atoms with Crippen LogP contribution >= 0.6 is 0 Å². The van der Waals surface area contributed by atoms with Crippen LogP contribution in [0, 0.1) is 0 Å². The van der Waals surface area contributed by atoms with Gasteiger partial charge in [0.2, 0.25) is 0 Å². The second-order valence-electron chi connectivity index (χ2n) is 5.42. The van der Waals surface area contributed by atoms with Crippen LogP contribution in [0.4, 0.5) is 0 Å². The van der Waals surface area contributed by atoms with Crippen molar-refractivity contribution in [2.75, 3.05) is 6.61 Å². The van der Waals surface area contributed by atoms with Crippen molar-refractivity contribution in [3.05, 3.63) is 12.4 Å². The zero-order chi connectivity index (χ0) is 11.7. The standard InChI is InChI=1S/C13H20N2O2/c16-12-9-14-15(10-12)11-4-7-17-13(8-11)5-2-1-3-6-13/h9-11,16H,1-8H2. The van der Waals surface area contributed by atoms with E-state index in [4.69, 9.17) is 4.74 Å². The van der Waals surface area contributed by atoms with Gasteiger partial charge in [-0.1, -0.05) is 19.3 Å². The second-order valence-corrected chi connectivity index (χ2v) is 5.42. The fraction of sp³-hybridized carbons (Fsp3) is 0.769. The van der Waals surface area contributed by atoms with E-state index < -0.39 is 0 Å². The quantitative estimate of drug-likeness (QED) is 0.815. The summed E-state index contributed by atoms with van der Waals surface area (Å²) in [7, 11) is 0. The predicted molar refractivity (Wildman–Crippen MR) is 63.9 cm³/mol. The monoisotopic (exact) mass is 236 g/mol. The normalized spacial score (nSPS) is 28.4. The molecule has 3 rings (SSSR count). The van der Waals surface area contributed by atoms with Crippen LogP contribution in [-0.2, 0) is 4.74 Å². The van der Waals surface area contributed by atoms with E-state index in [1.165, 1.54) is 38.3 Å². The SMILES string of the molecule is Oc1cnn(C2CCOC3(CCCCC3)C2)c1. The number of hydrogen-bond acceptors (Lipinski definition) is 3. The Morgan fingerprint density at radius 1 is 1.35 bits per heavy atom. The van der Waals surface area contributed by atoms with E-state index in [1.54, 1.807) is 6.20 Å². The third-order valence-corrected chi connectivity index (χ3v) is 4.19. The summed E-state index contributed by atoms with van der Waals surface area (Å²) in [5, 5.41) is 13.6. The van der Waals surface area contributed by atoms with Crippen molar-refractivity contribution in [2.24, 2.45) is 0 Å². The molecule has 1 spiro atoms. The number of aromatic hydroxyl groups is 1. The van der Waals surface area contributed by atoms with Crippen LogP contribution in [0.5, 0.6) is 5.75 Å². The van der Waals surface area contributed by atoms with Gasteiger partial charge in [-0.15, -0.1) is 0 Å². The van der Waals surface area contributed by atoms with Gasteiger partial charge in [0.05, 0.1) is 24.0 Å². The summed E-state index contributed by atoms with van der Waals surface area (Å²) >= 11 is 0. The van der Waals surface area contributed by atoms with E-state index in [2.05, 4.69) is 5.10 Å². The van der Waals surface area contributed by atoms with E-state index in [1.807, 2.05) is 4.68 Å². The van der Waals surface area contributed by atoms with E-state index >= 15 is 0 Å². The summed E-state index contributed by atoms with van der Waals surface area (Å²) in [5.41, 5.74) is 0.0999. The Balaban J connectivity index is 1.74. The maximum atomic E-state index is 9.37. The molecule has 1 saturated carbocycles. The van der Waals surface area contributed by atoms with Gasteiger partial charge in [-0.05, 0) is 25.7 Å². The van der Waals surface area contributed by atoms with Crippen LogP contribution in [0.2, 0.25) is 0 Å².